The number of nitrogens with zero attached hydrogens (tertiary/aromatic N) is 2. The zero-order chi connectivity index (χ0) is 22.1. The van der Waals surface area contributed by atoms with Gasteiger partial charge in [0.15, 0.2) is 0 Å². The van der Waals surface area contributed by atoms with Crippen molar-refractivity contribution in [1.29, 1.82) is 0 Å². The lowest BCUT2D eigenvalue weighted by atomic mass is 9.80. The highest BCUT2D eigenvalue weighted by Crippen LogP contribution is 2.43. The van der Waals surface area contributed by atoms with Crippen LogP contribution in [0.25, 0.3) is 0 Å². The van der Waals surface area contributed by atoms with Gasteiger partial charge in [-0.2, -0.15) is 0 Å². The second-order valence-electron chi connectivity index (χ2n) is 8.45. The number of imide groups is 1. The molecular formula is C25H26N2O5. The van der Waals surface area contributed by atoms with Crippen LogP contribution in [-0.4, -0.2) is 67.0 Å². The van der Waals surface area contributed by atoms with Crippen LogP contribution in [-0.2, 0) is 14.3 Å². The van der Waals surface area contributed by atoms with Gasteiger partial charge in [-0.15, -0.1) is 0 Å². The minimum atomic E-state index is -0.287. The molecule has 2 atom stereocenters. The molecule has 32 heavy (non-hydrogen) atoms. The van der Waals surface area contributed by atoms with Gasteiger partial charge in [-0.1, -0.05) is 36.4 Å². The van der Waals surface area contributed by atoms with Crippen molar-refractivity contribution in [2.24, 2.45) is 0 Å². The fourth-order valence-corrected chi connectivity index (χ4v) is 4.98. The van der Waals surface area contributed by atoms with Crippen LogP contribution in [0.5, 0.6) is 0 Å². The Morgan fingerprint density at radius 2 is 1.53 bits per heavy atom. The molecule has 7 heteroatoms. The van der Waals surface area contributed by atoms with Crippen molar-refractivity contribution in [2.45, 2.75) is 24.8 Å². The lowest BCUT2D eigenvalue weighted by Gasteiger charge is -2.35. The van der Waals surface area contributed by atoms with Gasteiger partial charge in [0, 0.05) is 19.0 Å². The Bertz CT molecular complexity index is 1010. The largest absolute Gasteiger partial charge is 0.378 e. The van der Waals surface area contributed by atoms with Gasteiger partial charge in [-0.05, 0) is 36.1 Å². The van der Waals surface area contributed by atoms with Gasteiger partial charge in [0.1, 0.15) is 6.61 Å². The molecule has 166 valence electrons. The minimum absolute atomic E-state index is 0.0127. The van der Waals surface area contributed by atoms with Gasteiger partial charge in [0.25, 0.3) is 11.8 Å². The molecule has 3 amide bonds. The first-order chi connectivity index (χ1) is 15.6. The molecule has 0 N–H and O–H groups in total. The van der Waals surface area contributed by atoms with E-state index in [1.807, 2.05) is 24.3 Å². The highest BCUT2D eigenvalue weighted by Gasteiger charge is 2.42. The number of carbonyl (C=O) groups excluding carboxylic acids is 3. The predicted molar refractivity (Wildman–Crippen MR) is 116 cm³/mol. The SMILES string of the molecule is O=C(COC[C@@H]1CC[C@H](N2C(=O)c3ccccc3C2=O)c2ccccc21)N1CCOCC1. The number of hydrogen-bond acceptors (Lipinski definition) is 5. The van der Waals surface area contributed by atoms with Gasteiger partial charge < -0.3 is 14.4 Å². The Labute approximate surface area is 186 Å². The van der Waals surface area contributed by atoms with Crippen molar-refractivity contribution >= 4 is 17.7 Å². The van der Waals surface area contributed by atoms with Crippen LogP contribution in [0.15, 0.2) is 48.5 Å². The van der Waals surface area contributed by atoms with Gasteiger partial charge in [-0.25, -0.2) is 0 Å². The molecule has 2 aromatic carbocycles. The molecule has 5 rings (SSSR count). The molecule has 0 saturated carbocycles. The van der Waals surface area contributed by atoms with Crippen LogP contribution >= 0.6 is 0 Å². The summed E-state index contributed by atoms with van der Waals surface area (Å²) in [4.78, 5) is 41.6. The Morgan fingerprint density at radius 1 is 0.906 bits per heavy atom. The second-order valence-corrected chi connectivity index (χ2v) is 8.45. The smallest absolute Gasteiger partial charge is 0.262 e. The molecule has 0 bridgehead atoms. The first-order valence-electron chi connectivity index (χ1n) is 11.1. The van der Waals surface area contributed by atoms with Crippen LogP contribution in [0.2, 0.25) is 0 Å². The average Bonchev–Trinajstić information content (AvgIpc) is 3.10. The summed E-state index contributed by atoms with van der Waals surface area (Å²) in [5, 5.41) is 0. The fraction of sp³-hybridized carbons (Fsp3) is 0.400. The third-order valence-electron chi connectivity index (χ3n) is 6.63. The van der Waals surface area contributed by atoms with E-state index in [1.165, 1.54) is 4.90 Å². The molecule has 2 aliphatic heterocycles. The van der Waals surface area contributed by atoms with Crippen LogP contribution in [0.4, 0.5) is 0 Å². The van der Waals surface area contributed by atoms with Crippen LogP contribution in [0.1, 0.15) is 56.6 Å². The van der Waals surface area contributed by atoms with E-state index in [4.69, 9.17) is 9.47 Å². The van der Waals surface area contributed by atoms with E-state index in [-0.39, 0.29) is 36.3 Å². The number of amides is 3. The van der Waals surface area contributed by atoms with Crippen molar-refractivity contribution in [1.82, 2.24) is 9.80 Å². The van der Waals surface area contributed by atoms with Gasteiger partial charge in [0.05, 0.1) is 37.0 Å². The molecule has 1 aliphatic carbocycles. The van der Waals surface area contributed by atoms with Crippen molar-refractivity contribution in [3.63, 3.8) is 0 Å². The second kappa shape index (κ2) is 8.84. The van der Waals surface area contributed by atoms with E-state index in [1.54, 1.807) is 29.2 Å². The van der Waals surface area contributed by atoms with Gasteiger partial charge >= 0.3 is 0 Å². The molecular weight excluding hydrogens is 408 g/mol. The van der Waals surface area contributed by atoms with Crippen molar-refractivity contribution in [3.05, 3.63) is 70.8 Å². The topological polar surface area (TPSA) is 76.2 Å². The summed E-state index contributed by atoms with van der Waals surface area (Å²) in [6, 6.07) is 14.7. The van der Waals surface area contributed by atoms with E-state index in [9.17, 15) is 14.4 Å². The minimum Gasteiger partial charge on any atom is -0.378 e. The van der Waals surface area contributed by atoms with Crippen LogP contribution in [0.3, 0.4) is 0 Å². The Hall–Kier alpha value is -3.03. The summed E-state index contributed by atoms with van der Waals surface area (Å²) in [5.41, 5.74) is 3.02. The Kier molecular flexibility index (Phi) is 5.76. The quantitative estimate of drug-likeness (QED) is 0.677. The highest BCUT2D eigenvalue weighted by atomic mass is 16.5. The van der Waals surface area contributed by atoms with E-state index in [0.717, 1.165) is 17.5 Å². The van der Waals surface area contributed by atoms with E-state index in [2.05, 4.69) is 0 Å². The first kappa shape index (κ1) is 20.8. The lowest BCUT2D eigenvalue weighted by molar-refractivity contribution is -0.140. The van der Waals surface area contributed by atoms with Crippen molar-refractivity contribution < 1.29 is 23.9 Å². The maximum absolute atomic E-state index is 13.0. The summed E-state index contributed by atoms with van der Waals surface area (Å²) >= 11 is 0. The zero-order valence-corrected chi connectivity index (χ0v) is 17.9. The lowest BCUT2D eigenvalue weighted by Crippen LogP contribution is -2.42. The van der Waals surface area contributed by atoms with Gasteiger partial charge in [0.2, 0.25) is 5.91 Å². The monoisotopic (exact) mass is 434 g/mol. The maximum Gasteiger partial charge on any atom is 0.262 e. The molecule has 0 unspecified atom stereocenters. The van der Waals surface area contributed by atoms with Crippen molar-refractivity contribution in [3.8, 4) is 0 Å². The normalized spacial score (nSPS) is 22.6. The number of hydrogen-bond donors (Lipinski definition) is 0. The van der Waals surface area contributed by atoms with E-state index >= 15 is 0 Å². The molecule has 0 radical (unpaired) electrons. The Morgan fingerprint density at radius 3 is 2.22 bits per heavy atom. The molecule has 0 aromatic heterocycles. The predicted octanol–water partition coefficient (Wildman–Crippen LogP) is 2.78. The molecule has 1 saturated heterocycles. The molecule has 1 fully saturated rings. The molecule has 2 heterocycles. The van der Waals surface area contributed by atoms with Crippen molar-refractivity contribution in [2.75, 3.05) is 39.5 Å². The number of morpholine rings is 1. The number of rotatable bonds is 5. The zero-order valence-electron chi connectivity index (χ0n) is 17.9. The van der Waals surface area contributed by atoms with Crippen LogP contribution < -0.4 is 0 Å². The summed E-state index contributed by atoms with van der Waals surface area (Å²) in [6.45, 7) is 2.84. The molecule has 2 aromatic rings. The summed E-state index contributed by atoms with van der Waals surface area (Å²) in [7, 11) is 0. The number of fused-ring (bicyclic) bond motifs is 2. The Balaban J connectivity index is 1.29. The first-order valence-corrected chi connectivity index (χ1v) is 11.1. The number of carbonyl (C=O) groups is 3. The standard InChI is InChI=1S/C25H26N2O5/c28-23(26-11-13-31-14-12-26)16-32-15-17-9-10-22(19-6-2-1-5-18(17)19)27-24(29)20-7-3-4-8-21(20)25(27)30/h1-8,17,22H,9-16H2/t17-,22-/m0/s1. The molecule has 0 spiro atoms. The third-order valence-corrected chi connectivity index (χ3v) is 6.63. The number of ether oxygens (including phenoxy) is 2. The average molecular weight is 434 g/mol. The summed E-state index contributed by atoms with van der Waals surface area (Å²) in [6.07, 6.45) is 1.45. The highest BCUT2D eigenvalue weighted by molar-refractivity contribution is 6.21. The maximum atomic E-state index is 13.0. The number of benzene rings is 2. The molecule has 7 nitrogen and oxygen atoms in total. The molecule has 3 aliphatic rings. The fourth-order valence-electron chi connectivity index (χ4n) is 4.98. The van der Waals surface area contributed by atoms with E-state index < -0.39 is 0 Å². The van der Waals surface area contributed by atoms with Gasteiger partial charge in [-0.3, -0.25) is 19.3 Å². The third kappa shape index (κ3) is 3.72. The van der Waals surface area contributed by atoms with E-state index in [0.29, 0.717) is 50.5 Å². The summed E-state index contributed by atoms with van der Waals surface area (Å²) in [5.74, 6) is -0.344. The summed E-state index contributed by atoms with van der Waals surface area (Å²) < 4.78 is 11.1. The van der Waals surface area contributed by atoms with Crippen LogP contribution in [0, 0.1) is 0 Å².